The third-order valence-electron chi connectivity index (χ3n) is 6.76. The molecule has 0 spiro atoms. The van der Waals surface area contributed by atoms with Crippen LogP contribution in [0.2, 0.25) is 0 Å². The van der Waals surface area contributed by atoms with Gasteiger partial charge in [-0.15, -0.1) is 0 Å². The van der Waals surface area contributed by atoms with Gasteiger partial charge in [0.1, 0.15) is 24.7 Å². The zero-order valence-corrected chi connectivity index (χ0v) is 26.7. The van der Waals surface area contributed by atoms with E-state index in [1.165, 1.54) is 26.3 Å². The summed E-state index contributed by atoms with van der Waals surface area (Å²) >= 11 is 0. The van der Waals surface area contributed by atoms with Crippen molar-refractivity contribution < 1.29 is 52.5 Å². The minimum atomic E-state index is -1.67. The predicted octanol–water partition coefficient (Wildman–Crippen LogP) is 3.35. The number of nitrogens with zero attached hydrogens (tertiary/aromatic N) is 1. The van der Waals surface area contributed by atoms with Crippen LogP contribution < -0.4 is 14.8 Å². The number of aromatic nitrogens is 1. The second-order valence-corrected chi connectivity index (χ2v) is 11.2. The monoisotopic (exact) mass is 640 g/mol. The summed E-state index contributed by atoms with van der Waals surface area (Å²) in [5, 5.41) is 2.30. The van der Waals surface area contributed by atoms with Gasteiger partial charge in [-0.05, 0) is 17.9 Å². The van der Waals surface area contributed by atoms with Crippen molar-refractivity contribution in [1.82, 2.24) is 10.3 Å². The molecule has 13 heteroatoms. The number of carbonyl (C=O) groups is 7. The number of ether oxygens (including phenoxy) is 4. The molecule has 2 aromatic rings. The number of Topliss-reactive ketones (excluding diaryl/α,β-unsaturated/α-hetero) is 2. The van der Waals surface area contributed by atoms with Gasteiger partial charge in [0.2, 0.25) is 17.3 Å². The van der Waals surface area contributed by atoms with Gasteiger partial charge in [-0.1, -0.05) is 65.0 Å². The van der Waals surface area contributed by atoms with Gasteiger partial charge in [0.05, 0.1) is 31.5 Å². The molecule has 1 aromatic heterocycles. The Morgan fingerprint density at radius 3 is 2.17 bits per heavy atom. The maximum Gasteiger partial charge on any atom is 0.514 e. The molecule has 1 amide bonds. The fourth-order valence-corrected chi connectivity index (χ4v) is 4.26. The van der Waals surface area contributed by atoms with E-state index in [2.05, 4.69) is 10.3 Å². The summed E-state index contributed by atoms with van der Waals surface area (Å²) in [5.74, 6) is -7.40. The molecule has 46 heavy (non-hydrogen) atoms. The maximum atomic E-state index is 13.5. The Morgan fingerprint density at radius 2 is 1.61 bits per heavy atom. The van der Waals surface area contributed by atoms with E-state index in [1.807, 2.05) is 13.8 Å². The van der Waals surface area contributed by atoms with E-state index < -0.39 is 77.4 Å². The molecule has 1 heterocycles. The van der Waals surface area contributed by atoms with Crippen LogP contribution in [0.15, 0.2) is 42.6 Å². The first kappa shape index (κ1) is 37.2. The largest absolute Gasteiger partial charge is 0.514 e. The van der Waals surface area contributed by atoms with E-state index in [9.17, 15) is 33.6 Å². The second kappa shape index (κ2) is 18.1. The lowest BCUT2D eigenvalue weighted by molar-refractivity contribution is -0.162. The lowest BCUT2D eigenvalue weighted by atomic mass is 9.83. The van der Waals surface area contributed by atoms with E-state index in [0.717, 1.165) is 5.56 Å². The fraction of sp³-hybridized carbons (Fsp3) is 0.455. The minimum Gasteiger partial charge on any atom is -0.493 e. The molecule has 0 aliphatic rings. The van der Waals surface area contributed by atoms with Gasteiger partial charge in [0.25, 0.3) is 5.91 Å². The van der Waals surface area contributed by atoms with Crippen molar-refractivity contribution in [3.63, 3.8) is 0 Å². The molecule has 0 bridgehead atoms. The summed E-state index contributed by atoms with van der Waals surface area (Å²) < 4.78 is 21.0. The second-order valence-electron chi connectivity index (χ2n) is 11.2. The molecule has 0 radical (unpaired) electrons. The normalized spacial score (nSPS) is 13.5. The molecule has 0 saturated heterocycles. The first-order valence-electron chi connectivity index (χ1n) is 14.7. The summed E-state index contributed by atoms with van der Waals surface area (Å²) in [4.78, 5) is 92.9. The first-order valence-corrected chi connectivity index (χ1v) is 14.7. The third-order valence-corrected chi connectivity index (χ3v) is 6.76. The molecule has 0 saturated carbocycles. The quantitative estimate of drug-likeness (QED) is 0.143. The van der Waals surface area contributed by atoms with Crippen LogP contribution in [0.25, 0.3) is 0 Å². The summed E-state index contributed by atoms with van der Waals surface area (Å²) in [7, 11) is 1.26. The highest BCUT2D eigenvalue weighted by molar-refractivity contribution is 6.40. The van der Waals surface area contributed by atoms with E-state index in [1.54, 1.807) is 44.2 Å². The number of hydrogen-bond acceptors (Lipinski definition) is 12. The third kappa shape index (κ3) is 10.6. The van der Waals surface area contributed by atoms with Crippen molar-refractivity contribution in [2.75, 3.05) is 13.7 Å². The molecule has 0 fully saturated rings. The van der Waals surface area contributed by atoms with Crippen molar-refractivity contribution in [3.8, 4) is 11.5 Å². The summed E-state index contributed by atoms with van der Waals surface area (Å²) in [6.45, 7) is 8.13. The number of ketones is 2. The highest BCUT2D eigenvalue weighted by atomic mass is 16.7. The summed E-state index contributed by atoms with van der Waals surface area (Å²) in [6, 6.07) is 8.49. The Balaban J connectivity index is 2.36. The Hall–Kier alpha value is -4.94. The molecule has 0 aliphatic carbocycles. The van der Waals surface area contributed by atoms with Gasteiger partial charge in [-0.25, -0.2) is 9.78 Å². The lowest BCUT2D eigenvalue weighted by Crippen LogP contribution is -2.49. The maximum absolute atomic E-state index is 13.5. The number of pyridine rings is 1. The number of nitrogens with one attached hydrogen (secondary N) is 1. The molecule has 4 unspecified atom stereocenters. The lowest BCUT2D eigenvalue weighted by Gasteiger charge is -2.29. The molecule has 2 rings (SSSR count). The van der Waals surface area contributed by atoms with Crippen molar-refractivity contribution in [2.45, 2.75) is 59.6 Å². The summed E-state index contributed by atoms with van der Waals surface area (Å²) in [6.07, 6.45) is -0.868. The van der Waals surface area contributed by atoms with Crippen molar-refractivity contribution in [3.05, 3.63) is 53.9 Å². The van der Waals surface area contributed by atoms with Crippen molar-refractivity contribution >= 4 is 42.2 Å². The molecule has 0 aliphatic heterocycles. The molecule has 4 atom stereocenters. The van der Waals surface area contributed by atoms with Gasteiger partial charge in [0.15, 0.2) is 11.4 Å². The number of carbonyl (C=O) groups excluding carboxylic acids is 7. The topological polar surface area (TPSA) is 181 Å². The van der Waals surface area contributed by atoms with E-state index in [4.69, 9.17) is 18.9 Å². The molecule has 248 valence electrons. The highest BCUT2D eigenvalue weighted by Crippen LogP contribution is 2.30. The van der Waals surface area contributed by atoms with Gasteiger partial charge < -0.3 is 33.9 Å². The van der Waals surface area contributed by atoms with Crippen molar-refractivity contribution in [2.24, 2.45) is 23.7 Å². The average molecular weight is 641 g/mol. The fourth-order valence-electron chi connectivity index (χ4n) is 4.26. The van der Waals surface area contributed by atoms with Gasteiger partial charge in [-0.3, -0.25) is 19.2 Å². The SMILES string of the molecule is COc1ccnc(C(=O)NC(CC=O)C(=O)C(=O)C(C)C(OC(=O)C(C)C)C(C=O)Cc2ccccc2)c1OC(=O)OCC(C)C. The van der Waals surface area contributed by atoms with Gasteiger partial charge in [0, 0.05) is 18.7 Å². The summed E-state index contributed by atoms with van der Waals surface area (Å²) in [5.41, 5.74) is 0.247. The standard InChI is InChI=1S/C33H40N2O11/c1-19(2)18-44-33(42)46-30-25(43-6)12-14-34-26(30)31(40)35-24(13-15-36)28(39)27(38)21(5)29(45-32(41)20(3)4)23(17-37)16-22-10-8-7-9-11-22/h7-12,14-15,17,19-21,23-24,29H,13,16,18H2,1-6H3,(H,35,40). The van der Waals surface area contributed by atoms with E-state index in [0.29, 0.717) is 12.6 Å². The van der Waals surface area contributed by atoms with E-state index in [-0.39, 0.29) is 24.7 Å². The van der Waals surface area contributed by atoms with Crippen LogP contribution in [0.4, 0.5) is 4.79 Å². The highest BCUT2D eigenvalue weighted by Gasteiger charge is 2.40. The van der Waals surface area contributed by atoms with Crippen LogP contribution in [-0.4, -0.2) is 73.0 Å². The van der Waals surface area contributed by atoms with Crippen LogP contribution >= 0.6 is 0 Å². The number of methoxy groups -OCH3 is 1. The Bertz CT molecular complexity index is 1390. The van der Waals surface area contributed by atoms with Gasteiger partial charge in [-0.2, -0.15) is 0 Å². The molecule has 1 N–H and O–H groups in total. The molecular formula is C33H40N2O11. The number of benzene rings is 1. The zero-order valence-electron chi connectivity index (χ0n) is 26.7. The number of aldehydes is 2. The number of esters is 1. The van der Waals surface area contributed by atoms with E-state index >= 15 is 0 Å². The minimum absolute atomic E-state index is 0.00482. The number of rotatable bonds is 18. The van der Waals surface area contributed by atoms with Crippen LogP contribution in [-0.2, 0) is 39.9 Å². The van der Waals surface area contributed by atoms with Crippen LogP contribution in [0.5, 0.6) is 11.5 Å². The molecular weight excluding hydrogens is 600 g/mol. The Labute approximate surface area is 267 Å². The Morgan fingerprint density at radius 1 is 0.935 bits per heavy atom. The number of amides is 1. The van der Waals surface area contributed by atoms with Crippen molar-refractivity contribution in [1.29, 1.82) is 0 Å². The Kier molecular flexibility index (Phi) is 14.7. The molecule has 1 aromatic carbocycles. The first-order chi connectivity index (χ1) is 21.8. The zero-order chi connectivity index (χ0) is 34.4. The van der Waals surface area contributed by atoms with Crippen LogP contribution in [0, 0.1) is 23.7 Å². The predicted molar refractivity (Wildman–Crippen MR) is 163 cm³/mol. The number of hydrogen-bond donors (Lipinski definition) is 1. The average Bonchev–Trinajstić information content (AvgIpc) is 3.04. The van der Waals surface area contributed by atoms with Crippen LogP contribution in [0.3, 0.4) is 0 Å². The van der Waals surface area contributed by atoms with Gasteiger partial charge >= 0.3 is 12.1 Å². The smallest absolute Gasteiger partial charge is 0.493 e. The molecule has 13 nitrogen and oxygen atoms in total. The van der Waals surface area contributed by atoms with Crippen LogP contribution in [0.1, 0.15) is 57.1 Å².